The van der Waals surface area contributed by atoms with Crippen molar-refractivity contribution in [1.29, 1.82) is 0 Å². The van der Waals surface area contributed by atoms with Gasteiger partial charge in [-0.25, -0.2) is 0 Å². The largest absolute Gasteiger partial charge is 0.349 e. The fourth-order valence-electron chi connectivity index (χ4n) is 1.87. The molecule has 1 aliphatic heterocycles. The van der Waals surface area contributed by atoms with Crippen molar-refractivity contribution >= 4 is 55.2 Å². The minimum Gasteiger partial charge on any atom is -0.349 e. The summed E-state index contributed by atoms with van der Waals surface area (Å²) in [6.45, 7) is 0. The molecule has 0 bridgehead atoms. The predicted octanol–water partition coefficient (Wildman–Crippen LogP) is 2.69. The van der Waals surface area contributed by atoms with E-state index in [4.69, 9.17) is 0 Å². The van der Waals surface area contributed by atoms with Gasteiger partial charge in [-0.1, -0.05) is 0 Å². The van der Waals surface area contributed by atoms with E-state index in [9.17, 15) is 9.00 Å². The normalized spacial score (nSPS) is 23.7. The van der Waals surface area contributed by atoms with Crippen LogP contribution in [0.1, 0.15) is 23.2 Å². The zero-order valence-electron chi connectivity index (χ0n) is 9.62. The summed E-state index contributed by atoms with van der Waals surface area (Å²) < 4.78 is 13.1. The molecule has 98 valence electrons. The first-order chi connectivity index (χ1) is 8.56. The van der Waals surface area contributed by atoms with E-state index < -0.39 is 10.8 Å². The molecule has 1 N–H and O–H groups in total. The van der Waals surface area contributed by atoms with E-state index in [0.717, 1.165) is 20.9 Å². The third kappa shape index (κ3) is 3.77. The zero-order valence-corrected chi connectivity index (χ0v) is 14.2. The molecule has 2 rings (SSSR count). The fraction of sp³-hybridized carbons (Fsp3) is 0.417. The zero-order chi connectivity index (χ0) is 13.1. The van der Waals surface area contributed by atoms with Crippen LogP contribution in [-0.2, 0) is 10.8 Å². The van der Waals surface area contributed by atoms with Gasteiger partial charge in [-0.2, -0.15) is 0 Å². The second-order valence-electron chi connectivity index (χ2n) is 4.22. The van der Waals surface area contributed by atoms with Crippen LogP contribution < -0.4 is 5.32 Å². The standard InChI is InChI=1S/C12H13BrINO2S/c13-11-2-1-8(14)7-10(11)12(16)15-9-3-5-18(17)6-4-9/h1-2,7,9H,3-6H2,(H,15,16). The molecule has 0 aromatic heterocycles. The van der Waals surface area contributed by atoms with Gasteiger partial charge in [0.15, 0.2) is 0 Å². The lowest BCUT2D eigenvalue weighted by atomic mass is 10.1. The van der Waals surface area contributed by atoms with Gasteiger partial charge in [-0.05, 0) is 69.6 Å². The number of carbonyl (C=O) groups excluding carboxylic acids is 1. The fourth-order valence-corrected chi connectivity index (χ4v) is 4.09. The maximum Gasteiger partial charge on any atom is 0.252 e. The van der Waals surface area contributed by atoms with Crippen molar-refractivity contribution in [1.82, 2.24) is 5.32 Å². The average molecular weight is 442 g/mol. The Balaban J connectivity index is 2.03. The Hall–Kier alpha value is 0.0500. The van der Waals surface area contributed by atoms with Gasteiger partial charge in [0.1, 0.15) is 0 Å². The van der Waals surface area contributed by atoms with Gasteiger partial charge >= 0.3 is 0 Å². The van der Waals surface area contributed by atoms with Gasteiger partial charge in [0.25, 0.3) is 5.91 Å². The van der Waals surface area contributed by atoms with Crippen LogP contribution in [0.5, 0.6) is 0 Å². The van der Waals surface area contributed by atoms with E-state index in [2.05, 4.69) is 43.8 Å². The van der Waals surface area contributed by atoms with Gasteiger partial charge in [0.2, 0.25) is 0 Å². The van der Waals surface area contributed by atoms with Crippen LogP contribution in [0.15, 0.2) is 22.7 Å². The highest BCUT2D eigenvalue weighted by Gasteiger charge is 2.21. The first kappa shape index (κ1) is 14.5. The third-order valence-corrected chi connectivity index (χ3v) is 5.64. The van der Waals surface area contributed by atoms with Crippen LogP contribution in [-0.4, -0.2) is 27.7 Å². The second kappa shape index (κ2) is 6.47. The number of rotatable bonds is 2. The van der Waals surface area contributed by atoms with Gasteiger partial charge in [-0.15, -0.1) is 0 Å². The minimum atomic E-state index is -0.690. The average Bonchev–Trinajstić information content (AvgIpc) is 2.35. The van der Waals surface area contributed by atoms with Gasteiger partial charge in [0.05, 0.1) is 5.56 Å². The molecule has 3 nitrogen and oxygen atoms in total. The topological polar surface area (TPSA) is 46.2 Å². The minimum absolute atomic E-state index is 0.0573. The third-order valence-electron chi connectivity index (χ3n) is 2.90. The Labute approximate surface area is 131 Å². The highest BCUT2D eigenvalue weighted by molar-refractivity contribution is 14.1. The summed E-state index contributed by atoms with van der Waals surface area (Å²) in [7, 11) is -0.690. The van der Waals surface area contributed by atoms with Crippen molar-refractivity contribution in [2.24, 2.45) is 0 Å². The van der Waals surface area contributed by atoms with E-state index in [0.29, 0.717) is 17.1 Å². The SMILES string of the molecule is O=C(NC1CCS(=O)CC1)c1cc(I)ccc1Br. The molecule has 1 aromatic carbocycles. The first-order valence-electron chi connectivity index (χ1n) is 5.67. The molecule has 6 heteroatoms. The molecule has 0 saturated carbocycles. The number of amides is 1. The van der Waals surface area contributed by atoms with E-state index in [1.807, 2.05) is 18.2 Å². The number of carbonyl (C=O) groups is 1. The van der Waals surface area contributed by atoms with Gasteiger partial charge in [-0.3, -0.25) is 9.00 Å². The highest BCUT2D eigenvalue weighted by atomic mass is 127. The quantitative estimate of drug-likeness (QED) is 0.717. The van der Waals surface area contributed by atoms with Crippen LogP contribution in [0.3, 0.4) is 0 Å². The molecule has 0 radical (unpaired) electrons. The van der Waals surface area contributed by atoms with E-state index in [-0.39, 0.29) is 11.9 Å². The summed E-state index contributed by atoms with van der Waals surface area (Å²) in [5.74, 6) is 1.33. The molecular weight excluding hydrogens is 429 g/mol. The molecule has 0 aliphatic carbocycles. The Morgan fingerprint density at radius 1 is 1.39 bits per heavy atom. The number of halogens is 2. The number of hydrogen-bond acceptors (Lipinski definition) is 2. The van der Waals surface area contributed by atoms with Gasteiger partial charge < -0.3 is 5.32 Å². The molecular formula is C12H13BrINO2S. The highest BCUT2D eigenvalue weighted by Crippen LogP contribution is 2.20. The number of nitrogens with one attached hydrogen (secondary N) is 1. The Bertz CT molecular complexity index is 485. The summed E-state index contributed by atoms with van der Waals surface area (Å²) in [5, 5.41) is 3.02. The predicted molar refractivity (Wildman–Crippen MR) is 85.2 cm³/mol. The summed E-state index contributed by atoms with van der Waals surface area (Å²) in [4.78, 5) is 12.1. The second-order valence-corrected chi connectivity index (χ2v) is 8.02. The molecule has 1 aromatic rings. The van der Waals surface area contributed by atoms with Crippen LogP contribution in [0, 0.1) is 3.57 Å². The first-order valence-corrected chi connectivity index (χ1v) is 9.03. The van der Waals surface area contributed by atoms with Crippen LogP contribution >= 0.6 is 38.5 Å². The Morgan fingerprint density at radius 2 is 2.06 bits per heavy atom. The molecule has 1 amide bonds. The van der Waals surface area contributed by atoms with Gasteiger partial charge in [0, 0.05) is 36.4 Å². The monoisotopic (exact) mass is 441 g/mol. The van der Waals surface area contributed by atoms with Crippen molar-refractivity contribution in [3.05, 3.63) is 31.8 Å². The lowest BCUT2D eigenvalue weighted by Crippen LogP contribution is -2.39. The van der Waals surface area contributed by atoms with Crippen LogP contribution in [0.25, 0.3) is 0 Å². The van der Waals surface area contributed by atoms with E-state index in [1.165, 1.54) is 0 Å². The molecule has 1 aliphatic rings. The lowest BCUT2D eigenvalue weighted by Gasteiger charge is -2.22. The van der Waals surface area contributed by atoms with Crippen molar-refractivity contribution in [3.8, 4) is 0 Å². The summed E-state index contributed by atoms with van der Waals surface area (Å²) in [5.41, 5.74) is 0.661. The van der Waals surface area contributed by atoms with E-state index >= 15 is 0 Å². The van der Waals surface area contributed by atoms with E-state index in [1.54, 1.807) is 0 Å². The van der Waals surface area contributed by atoms with Crippen LogP contribution in [0.2, 0.25) is 0 Å². The molecule has 1 heterocycles. The lowest BCUT2D eigenvalue weighted by molar-refractivity contribution is 0.0933. The van der Waals surface area contributed by atoms with Crippen molar-refractivity contribution < 1.29 is 9.00 Å². The van der Waals surface area contributed by atoms with Crippen LogP contribution in [0.4, 0.5) is 0 Å². The van der Waals surface area contributed by atoms with Crippen molar-refractivity contribution in [3.63, 3.8) is 0 Å². The summed E-state index contributed by atoms with van der Waals surface area (Å²) >= 11 is 5.58. The van der Waals surface area contributed by atoms with Crippen molar-refractivity contribution in [2.45, 2.75) is 18.9 Å². The Kier molecular flexibility index (Phi) is 5.20. The molecule has 0 unspecified atom stereocenters. The molecule has 1 saturated heterocycles. The molecule has 18 heavy (non-hydrogen) atoms. The molecule has 0 spiro atoms. The Morgan fingerprint density at radius 3 is 2.72 bits per heavy atom. The molecule has 1 fully saturated rings. The number of hydrogen-bond donors (Lipinski definition) is 1. The summed E-state index contributed by atoms with van der Waals surface area (Å²) in [6, 6.07) is 5.85. The molecule has 0 atom stereocenters. The number of benzene rings is 1. The summed E-state index contributed by atoms with van der Waals surface area (Å²) in [6.07, 6.45) is 1.61. The maximum absolute atomic E-state index is 12.1. The maximum atomic E-state index is 12.1. The smallest absolute Gasteiger partial charge is 0.252 e. The van der Waals surface area contributed by atoms with Crippen molar-refractivity contribution in [2.75, 3.05) is 11.5 Å².